The summed E-state index contributed by atoms with van der Waals surface area (Å²) in [5, 5.41) is 9.76. The highest BCUT2D eigenvalue weighted by atomic mass is 16.3. The zero-order valence-electron chi connectivity index (χ0n) is 6.27. The lowest BCUT2D eigenvalue weighted by Crippen LogP contribution is -2.50. The van der Waals surface area contributed by atoms with Gasteiger partial charge in [-0.05, 0) is 25.7 Å². The van der Waals surface area contributed by atoms with Gasteiger partial charge in [0.2, 0.25) is 0 Å². The molecule has 0 aromatic rings. The fourth-order valence-corrected chi connectivity index (χ4v) is 2.09. The lowest BCUT2D eigenvalue weighted by Gasteiger charge is -2.29. The number of nitrogens with two attached hydrogens (primary N) is 1. The van der Waals surface area contributed by atoms with E-state index < -0.39 is 5.60 Å². The van der Waals surface area contributed by atoms with Gasteiger partial charge >= 0.3 is 0 Å². The first-order valence-electron chi connectivity index (χ1n) is 4.18. The monoisotopic (exact) mass is 141 g/mol. The van der Waals surface area contributed by atoms with Crippen molar-refractivity contribution < 1.29 is 5.11 Å². The normalized spacial score (nSPS) is 34.2. The molecule has 0 saturated heterocycles. The van der Waals surface area contributed by atoms with Gasteiger partial charge in [0.1, 0.15) is 0 Å². The van der Waals surface area contributed by atoms with Crippen molar-refractivity contribution in [3.05, 3.63) is 0 Å². The van der Waals surface area contributed by atoms with Crippen molar-refractivity contribution in [3.63, 3.8) is 0 Å². The molecule has 0 aromatic heterocycles. The molecule has 0 unspecified atom stereocenters. The standard InChI is InChI=1S/C8H15NO/c9-7(3-1-2-4-7)8(10)5-6-8/h10H,1-6,9H2. The minimum atomic E-state index is -0.455. The Kier molecular flexibility index (Phi) is 1.15. The highest BCUT2D eigenvalue weighted by molar-refractivity contribution is 5.14. The minimum absolute atomic E-state index is 0.201. The molecule has 2 saturated carbocycles. The molecular formula is C8H15NO. The third kappa shape index (κ3) is 0.722. The summed E-state index contributed by atoms with van der Waals surface area (Å²) in [6.07, 6.45) is 6.34. The highest BCUT2D eigenvalue weighted by Gasteiger charge is 2.56. The second-order valence-corrected chi connectivity index (χ2v) is 3.89. The molecule has 2 heteroatoms. The number of rotatable bonds is 1. The Bertz CT molecular complexity index is 145. The van der Waals surface area contributed by atoms with E-state index in [9.17, 15) is 5.11 Å². The van der Waals surface area contributed by atoms with Gasteiger partial charge in [-0.2, -0.15) is 0 Å². The van der Waals surface area contributed by atoms with Crippen LogP contribution in [0.5, 0.6) is 0 Å². The molecule has 2 aliphatic carbocycles. The van der Waals surface area contributed by atoms with Gasteiger partial charge in [0.15, 0.2) is 0 Å². The van der Waals surface area contributed by atoms with Crippen molar-refractivity contribution in [2.24, 2.45) is 5.73 Å². The van der Waals surface area contributed by atoms with Gasteiger partial charge in [0.05, 0.1) is 5.60 Å². The molecular weight excluding hydrogens is 126 g/mol. The molecule has 0 radical (unpaired) electrons. The largest absolute Gasteiger partial charge is 0.388 e. The summed E-state index contributed by atoms with van der Waals surface area (Å²) in [6, 6.07) is 0. The summed E-state index contributed by atoms with van der Waals surface area (Å²) >= 11 is 0. The molecule has 2 rings (SSSR count). The van der Waals surface area contributed by atoms with Crippen molar-refractivity contribution in [3.8, 4) is 0 Å². The highest BCUT2D eigenvalue weighted by Crippen LogP contribution is 2.50. The first-order valence-corrected chi connectivity index (χ1v) is 4.18. The van der Waals surface area contributed by atoms with Crippen LogP contribution in [0.2, 0.25) is 0 Å². The third-order valence-electron chi connectivity index (χ3n) is 3.15. The van der Waals surface area contributed by atoms with Gasteiger partial charge in [0, 0.05) is 5.54 Å². The maximum Gasteiger partial charge on any atom is 0.0828 e. The Labute approximate surface area is 61.4 Å². The van der Waals surface area contributed by atoms with Crippen LogP contribution >= 0.6 is 0 Å². The fourth-order valence-electron chi connectivity index (χ4n) is 2.09. The second-order valence-electron chi connectivity index (χ2n) is 3.89. The van der Waals surface area contributed by atoms with Gasteiger partial charge in [-0.3, -0.25) is 0 Å². The van der Waals surface area contributed by atoms with Crippen LogP contribution in [0.4, 0.5) is 0 Å². The second kappa shape index (κ2) is 1.74. The summed E-state index contributed by atoms with van der Waals surface area (Å²) in [6.45, 7) is 0. The molecule has 58 valence electrons. The molecule has 2 aliphatic rings. The van der Waals surface area contributed by atoms with Crippen LogP contribution in [0.3, 0.4) is 0 Å². The zero-order valence-corrected chi connectivity index (χ0v) is 6.27. The van der Waals surface area contributed by atoms with Crippen molar-refractivity contribution >= 4 is 0 Å². The van der Waals surface area contributed by atoms with E-state index >= 15 is 0 Å². The SMILES string of the molecule is NC1(C2(O)CC2)CCCC1. The van der Waals surface area contributed by atoms with Crippen LogP contribution in [0.25, 0.3) is 0 Å². The molecule has 0 aliphatic heterocycles. The van der Waals surface area contributed by atoms with E-state index in [1.54, 1.807) is 0 Å². The number of hydrogen-bond donors (Lipinski definition) is 2. The predicted molar refractivity (Wildman–Crippen MR) is 39.6 cm³/mol. The first-order chi connectivity index (χ1) is 4.66. The van der Waals surface area contributed by atoms with Gasteiger partial charge in [-0.15, -0.1) is 0 Å². The molecule has 2 nitrogen and oxygen atoms in total. The molecule has 0 bridgehead atoms. The maximum absolute atomic E-state index is 9.76. The van der Waals surface area contributed by atoms with E-state index in [1.165, 1.54) is 12.8 Å². The predicted octanol–water partition coefficient (Wildman–Crippen LogP) is 0.783. The average molecular weight is 141 g/mol. The summed E-state index contributed by atoms with van der Waals surface area (Å²) in [4.78, 5) is 0. The molecule has 0 atom stereocenters. The smallest absolute Gasteiger partial charge is 0.0828 e. The Hall–Kier alpha value is -0.0800. The van der Waals surface area contributed by atoms with E-state index in [-0.39, 0.29) is 5.54 Å². The first kappa shape index (κ1) is 6.62. The van der Waals surface area contributed by atoms with Crippen LogP contribution in [0, 0.1) is 0 Å². The molecule has 0 heterocycles. The van der Waals surface area contributed by atoms with Crippen LogP contribution in [0.15, 0.2) is 0 Å². The molecule has 0 spiro atoms. The van der Waals surface area contributed by atoms with Gasteiger partial charge in [-0.25, -0.2) is 0 Å². The van der Waals surface area contributed by atoms with Crippen molar-refractivity contribution in [1.29, 1.82) is 0 Å². The summed E-state index contributed by atoms with van der Waals surface area (Å²) in [5.74, 6) is 0. The van der Waals surface area contributed by atoms with E-state index in [0.717, 1.165) is 25.7 Å². The van der Waals surface area contributed by atoms with Gasteiger partial charge in [0.25, 0.3) is 0 Å². The van der Waals surface area contributed by atoms with Crippen LogP contribution in [-0.2, 0) is 0 Å². The Morgan fingerprint density at radius 2 is 1.50 bits per heavy atom. The topological polar surface area (TPSA) is 46.2 Å². The maximum atomic E-state index is 9.76. The van der Waals surface area contributed by atoms with Crippen molar-refractivity contribution in [2.75, 3.05) is 0 Å². The van der Waals surface area contributed by atoms with E-state index in [1.807, 2.05) is 0 Å². The lowest BCUT2D eigenvalue weighted by atomic mass is 9.89. The Morgan fingerprint density at radius 3 is 1.90 bits per heavy atom. The molecule has 3 N–H and O–H groups in total. The number of aliphatic hydroxyl groups is 1. The van der Waals surface area contributed by atoms with Crippen LogP contribution in [0.1, 0.15) is 38.5 Å². The molecule has 10 heavy (non-hydrogen) atoms. The Morgan fingerprint density at radius 1 is 1.00 bits per heavy atom. The third-order valence-corrected chi connectivity index (χ3v) is 3.15. The fraction of sp³-hybridized carbons (Fsp3) is 1.00. The van der Waals surface area contributed by atoms with Gasteiger partial charge < -0.3 is 10.8 Å². The van der Waals surface area contributed by atoms with E-state index in [0.29, 0.717) is 0 Å². The van der Waals surface area contributed by atoms with E-state index in [4.69, 9.17) is 5.73 Å². The molecule has 0 amide bonds. The van der Waals surface area contributed by atoms with Gasteiger partial charge in [-0.1, -0.05) is 12.8 Å². The summed E-state index contributed by atoms with van der Waals surface area (Å²) in [5.41, 5.74) is 5.39. The molecule has 2 fully saturated rings. The van der Waals surface area contributed by atoms with Crippen LogP contribution in [-0.4, -0.2) is 16.2 Å². The van der Waals surface area contributed by atoms with Crippen molar-refractivity contribution in [1.82, 2.24) is 0 Å². The zero-order chi connectivity index (χ0) is 7.24. The lowest BCUT2D eigenvalue weighted by molar-refractivity contribution is 0.0621. The van der Waals surface area contributed by atoms with Crippen molar-refractivity contribution in [2.45, 2.75) is 49.7 Å². The number of hydrogen-bond acceptors (Lipinski definition) is 2. The summed E-state index contributed by atoms with van der Waals surface area (Å²) < 4.78 is 0. The van der Waals surface area contributed by atoms with Crippen LogP contribution < -0.4 is 5.73 Å². The molecule has 0 aromatic carbocycles. The minimum Gasteiger partial charge on any atom is -0.388 e. The average Bonchev–Trinajstić information content (AvgIpc) is 2.46. The summed E-state index contributed by atoms with van der Waals surface area (Å²) in [7, 11) is 0. The quantitative estimate of drug-likeness (QED) is 0.567. The Balaban J connectivity index is 2.13. The van der Waals surface area contributed by atoms with E-state index in [2.05, 4.69) is 0 Å².